The molecule has 4 heteroatoms. The van der Waals surface area contributed by atoms with Crippen molar-refractivity contribution >= 4 is 0 Å². The van der Waals surface area contributed by atoms with Gasteiger partial charge in [0.1, 0.15) is 0 Å². The molecule has 0 unspecified atom stereocenters. The minimum absolute atomic E-state index is 0.00850. The Morgan fingerprint density at radius 1 is 1.26 bits per heavy atom. The van der Waals surface area contributed by atoms with Crippen LogP contribution in [0.5, 0.6) is 0 Å². The zero-order valence-corrected chi connectivity index (χ0v) is 11.6. The molecule has 1 saturated carbocycles. The largest absolute Gasteiger partial charge is 0.387 e. The summed E-state index contributed by atoms with van der Waals surface area (Å²) in [4.78, 5) is 0. The summed E-state index contributed by atoms with van der Waals surface area (Å²) in [6, 6.07) is 0. The molecule has 2 aliphatic heterocycles. The average molecular weight is 266 g/mol. The standard InChI is InChI=1S/C15H22O4/c1-10-3-4-13-8-19-15(17)6-12(13,2)14(16,7-15)9-18-11(13)5-10/h5,11,16-17H,3-4,6-9H2,1-2H3/t11-,12+,13+,14+,15+/m0/s1. The van der Waals surface area contributed by atoms with E-state index in [1.165, 1.54) is 5.57 Å². The molecule has 106 valence electrons. The van der Waals surface area contributed by atoms with E-state index in [1.807, 2.05) is 0 Å². The first-order valence-corrected chi connectivity index (χ1v) is 7.20. The highest BCUT2D eigenvalue weighted by atomic mass is 16.6. The first-order valence-electron chi connectivity index (χ1n) is 7.20. The van der Waals surface area contributed by atoms with Crippen LogP contribution in [0.15, 0.2) is 11.6 Å². The molecule has 2 bridgehead atoms. The van der Waals surface area contributed by atoms with Crippen molar-refractivity contribution in [3.05, 3.63) is 11.6 Å². The summed E-state index contributed by atoms with van der Waals surface area (Å²) in [5, 5.41) is 21.5. The SMILES string of the molecule is CC1=C[C@@H]2OC[C@]3(O)C[C@@]4(O)C[C@]3(C)[C@]2(CC1)CO4. The van der Waals surface area contributed by atoms with Crippen LogP contribution in [-0.4, -0.2) is 40.9 Å². The molecule has 4 nitrogen and oxygen atoms in total. The molecule has 1 spiro atoms. The molecule has 5 atom stereocenters. The quantitative estimate of drug-likeness (QED) is 0.650. The lowest BCUT2D eigenvalue weighted by Gasteiger charge is -2.61. The molecule has 3 fully saturated rings. The van der Waals surface area contributed by atoms with Crippen molar-refractivity contribution in [3.8, 4) is 0 Å². The van der Waals surface area contributed by atoms with Gasteiger partial charge in [0.2, 0.25) is 0 Å². The Bertz CT molecular complexity index is 475. The van der Waals surface area contributed by atoms with Crippen LogP contribution < -0.4 is 0 Å². The van der Waals surface area contributed by atoms with E-state index in [9.17, 15) is 10.2 Å². The predicted octanol–water partition coefficient (Wildman–Crippen LogP) is 1.36. The van der Waals surface area contributed by atoms with Crippen LogP contribution in [0.25, 0.3) is 0 Å². The van der Waals surface area contributed by atoms with Gasteiger partial charge in [-0.25, -0.2) is 0 Å². The third kappa shape index (κ3) is 1.24. The van der Waals surface area contributed by atoms with Crippen LogP contribution >= 0.6 is 0 Å². The molecule has 0 amide bonds. The normalized spacial score (nSPS) is 59.6. The van der Waals surface area contributed by atoms with Gasteiger partial charge in [0.15, 0.2) is 5.79 Å². The molecule has 0 aromatic heterocycles. The molecule has 4 aliphatic rings. The second-order valence-electron chi connectivity index (χ2n) is 7.35. The lowest BCUT2D eigenvalue weighted by atomic mass is 9.50. The summed E-state index contributed by atoms with van der Waals surface area (Å²) in [6.07, 6.45) is 4.98. The lowest BCUT2D eigenvalue weighted by molar-refractivity contribution is -0.301. The number of allylic oxidation sites excluding steroid dienone is 1. The van der Waals surface area contributed by atoms with Gasteiger partial charge in [-0.3, -0.25) is 0 Å². The molecule has 2 heterocycles. The van der Waals surface area contributed by atoms with Gasteiger partial charge >= 0.3 is 0 Å². The first-order chi connectivity index (χ1) is 8.83. The minimum Gasteiger partial charge on any atom is -0.387 e. The molecule has 2 aliphatic carbocycles. The molecule has 19 heavy (non-hydrogen) atoms. The molecule has 2 N–H and O–H groups in total. The van der Waals surface area contributed by atoms with E-state index in [-0.39, 0.29) is 23.4 Å². The lowest BCUT2D eigenvalue weighted by Crippen LogP contribution is -2.67. The predicted molar refractivity (Wildman–Crippen MR) is 68.4 cm³/mol. The van der Waals surface area contributed by atoms with Crippen LogP contribution in [-0.2, 0) is 9.47 Å². The maximum atomic E-state index is 11.0. The van der Waals surface area contributed by atoms with Gasteiger partial charge in [0, 0.05) is 23.7 Å². The summed E-state index contributed by atoms with van der Waals surface area (Å²) in [5.74, 6) is -1.16. The van der Waals surface area contributed by atoms with Gasteiger partial charge in [-0.2, -0.15) is 0 Å². The fourth-order valence-electron chi connectivity index (χ4n) is 5.05. The van der Waals surface area contributed by atoms with Crippen LogP contribution in [0.1, 0.15) is 39.5 Å². The van der Waals surface area contributed by atoms with E-state index in [1.54, 1.807) is 0 Å². The Kier molecular flexibility index (Phi) is 2.11. The third-order valence-corrected chi connectivity index (χ3v) is 6.37. The Hall–Kier alpha value is -0.420. The summed E-state index contributed by atoms with van der Waals surface area (Å²) < 4.78 is 11.8. The first kappa shape index (κ1) is 12.3. The fraction of sp³-hybridized carbons (Fsp3) is 0.867. The van der Waals surface area contributed by atoms with Crippen molar-refractivity contribution in [2.24, 2.45) is 10.8 Å². The van der Waals surface area contributed by atoms with Crippen LogP contribution in [0.3, 0.4) is 0 Å². The number of hydrogen-bond donors (Lipinski definition) is 2. The maximum Gasteiger partial charge on any atom is 0.168 e. The second kappa shape index (κ2) is 3.25. The zero-order chi connectivity index (χ0) is 13.5. The fourth-order valence-corrected chi connectivity index (χ4v) is 5.05. The molecule has 4 rings (SSSR count). The molecule has 2 saturated heterocycles. The summed E-state index contributed by atoms with van der Waals surface area (Å²) in [6.45, 7) is 5.04. The topological polar surface area (TPSA) is 58.9 Å². The van der Waals surface area contributed by atoms with E-state index in [0.29, 0.717) is 19.6 Å². The average Bonchev–Trinajstić information content (AvgIpc) is 2.54. The Morgan fingerprint density at radius 2 is 2.05 bits per heavy atom. The van der Waals surface area contributed by atoms with Crippen LogP contribution in [0.4, 0.5) is 0 Å². The van der Waals surface area contributed by atoms with E-state index >= 15 is 0 Å². The molecule has 0 aromatic carbocycles. The Morgan fingerprint density at radius 3 is 2.84 bits per heavy atom. The van der Waals surface area contributed by atoms with Crippen LogP contribution in [0, 0.1) is 10.8 Å². The monoisotopic (exact) mass is 266 g/mol. The zero-order valence-electron chi connectivity index (χ0n) is 11.6. The number of aliphatic hydroxyl groups is 2. The highest BCUT2D eigenvalue weighted by Gasteiger charge is 2.75. The van der Waals surface area contributed by atoms with Gasteiger partial charge in [-0.05, 0) is 19.8 Å². The number of rotatable bonds is 0. The van der Waals surface area contributed by atoms with Crippen molar-refractivity contribution in [2.75, 3.05) is 13.2 Å². The highest BCUT2D eigenvalue weighted by molar-refractivity contribution is 5.27. The highest BCUT2D eigenvalue weighted by Crippen LogP contribution is 2.69. The Labute approximate surface area is 113 Å². The smallest absolute Gasteiger partial charge is 0.168 e. The van der Waals surface area contributed by atoms with E-state index in [0.717, 1.165) is 12.8 Å². The van der Waals surface area contributed by atoms with Crippen molar-refractivity contribution < 1.29 is 19.7 Å². The molecular formula is C15H22O4. The van der Waals surface area contributed by atoms with Crippen molar-refractivity contribution in [3.63, 3.8) is 0 Å². The summed E-state index contributed by atoms with van der Waals surface area (Å²) in [7, 11) is 0. The van der Waals surface area contributed by atoms with Gasteiger partial charge < -0.3 is 19.7 Å². The third-order valence-electron chi connectivity index (χ3n) is 6.37. The van der Waals surface area contributed by atoms with E-state index < -0.39 is 11.4 Å². The summed E-state index contributed by atoms with van der Waals surface area (Å²) >= 11 is 0. The summed E-state index contributed by atoms with van der Waals surface area (Å²) in [5.41, 5.74) is -0.132. The van der Waals surface area contributed by atoms with Crippen molar-refractivity contribution in [1.29, 1.82) is 0 Å². The number of ether oxygens (including phenoxy) is 2. The Balaban J connectivity index is 1.88. The van der Waals surface area contributed by atoms with Gasteiger partial charge in [-0.1, -0.05) is 18.6 Å². The molecule has 0 radical (unpaired) electrons. The van der Waals surface area contributed by atoms with Crippen molar-refractivity contribution in [1.82, 2.24) is 0 Å². The van der Waals surface area contributed by atoms with E-state index in [2.05, 4.69) is 19.9 Å². The number of fused-ring (bicyclic) bond motifs is 1. The second-order valence-corrected chi connectivity index (χ2v) is 7.35. The van der Waals surface area contributed by atoms with Crippen molar-refractivity contribution in [2.45, 2.75) is 57.0 Å². The molecular weight excluding hydrogens is 244 g/mol. The van der Waals surface area contributed by atoms with Crippen LogP contribution in [0.2, 0.25) is 0 Å². The maximum absolute atomic E-state index is 11.0. The van der Waals surface area contributed by atoms with E-state index in [4.69, 9.17) is 9.47 Å². The van der Waals surface area contributed by atoms with Gasteiger partial charge in [0.05, 0.1) is 24.9 Å². The van der Waals surface area contributed by atoms with Gasteiger partial charge in [-0.15, -0.1) is 0 Å². The van der Waals surface area contributed by atoms with Gasteiger partial charge in [0.25, 0.3) is 0 Å². The minimum atomic E-state index is -1.16. The molecule has 0 aromatic rings. The number of hydrogen-bond acceptors (Lipinski definition) is 4.